The number of aryl methyl sites for hydroxylation is 1. The van der Waals surface area contributed by atoms with Gasteiger partial charge in [-0.15, -0.1) is 0 Å². The molecule has 0 aliphatic rings. The van der Waals surface area contributed by atoms with E-state index in [0.717, 1.165) is 11.6 Å². The molecule has 2 rings (SSSR count). The number of nitrogens with two attached hydrogens (primary N) is 1. The van der Waals surface area contributed by atoms with Gasteiger partial charge in [-0.2, -0.15) is 0 Å². The molecule has 0 amide bonds. The van der Waals surface area contributed by atoms with E-state index in [9.17, 15) is 4.39 Å². The van der Waals surface area contributed by atoms with Crippen molar-refractivity contribution in [3.05, 3.63) is 41.7 Å². The summed E-state index contributed by atoms with van der Waals surface area (Å²) in [6.45, 7) is 1.93. The normalized spacial score (nSPS) is 10.2. The third-order valence-corrected chi connectivity index (χ3v) is 2.82. The van der Waals surface area contributed by atoms with Gasteiger partial charge in [0.1, 0.15) is 5.75 Å². The summed E-state index contributed by atoms with van der Waals surface area (Å²) in [5.74, 6) is 0.764. The van der Waals surface area contributed by atoms with E-state index in [1.54, 1.807) is 6.07 Å². The summed E-state index contributed by atoms with van der Waals surface area (Å²) in [6.07, 6.45) is 0. The Morgan fingerprint density at radius 3 is 2.25 bits per heavy atom. The average molecular weight is 277 g/mol. The van der Waals surface area contributed by atoms with E-state index >= 15 is 0 Å². The summed E-state index contributed by atoms with van der Waals surface area (Å²) in [5, 5.41) is 0. The van der Waals surface area contributed by atoms with Crippen LogP contribution in [-0.2, 0) is 0 Å². The fourth-order valence-electron chi connectivity index (χ4n) is 1.78. The second-order valence-corrected chi connectivity index (χ2v) is 4.28. The highest BCUT2D eigenvalue weighted by atomic mass is 19.1. The van der Waals surface area contributed by atoms with Crippen molar-refractivity contribution in [2.45, 2.75) is 6.92 Å². The molecule has 5 heteroatoms. The van der Waals surface area contributed by atoms with Crippen molar-refractivity contribution in [2.75, 3.05) is 20.0 Å². The lowest BCUT2D eigenvalue weighted by molar-refractivity contribution is 0.367. The summed E-state index contributed by atoms with van der Waals surface area (Å²) in [5.41, 5.74) is 6.86. The Morgan fingerprint density at radius 2 is 1.60 bits per heavy atom. The number of benzene rings is 2. The van der Waals surface area contributed by atoms with Gasteiger partial charge >= 0.3 is 0 Å². The molecule has 0 atom stereocenters. The molecule has 0 aromatic heterocycles. The lowest BCUT2D eigenvalue weighted by Gasteiger charge is -2.13. The Hall–Kier alpha value is -2.43. The van der Waals surface area contributed by atoms with Crippen LogP contribution in [0, 0.1) is 12.7 Å². The molecule has 0 saturated carbocycles. The Kier molecular flexibility index (Phi) is 3.98. The SMILES string of the molecule is COc1cc(Oc2ccc(C)cc2OC)c(F)cc1N. The second-order valence-electron chi connectivity index (χ2n) is 4.28. The standard InChI is InChI=1S/C15H16FNO3/c1-9-4-5-12(15(6-9)19-3)20-13-8-14(18-2)11(17)7-10(13)16/h4-8H,17H2,1-3H3. The lowest BCUT2D eigenvalue weighted by Crippen LogP contribution is -1.97. The molecule has 0 unspecified atom stereocenters. The predicted molar refractivity (Wildman–Crippen MR) is 75.2 cm³/mol. The molecule has 4 nitrogen and oxygen atoms in total. The summed E-state index contributed by atoms with van der Waals surface area (Å²) in [4.78, 5) is 0. The van der Waals surface area contributed by atoms with Gasteiger partial charge in [0.25, 0.3) is 0 Å². The van der Waals surface area contributed by atoms with Crippen molar-refractivity contribution >= 4 is 5.69 Å². The maximum absolute atomic E-state index is 13.9. The topological polar surface area (TPSA) is 53.7 Å². The van der Waals surface area contributed by atoms with Crippen LogP contribution in [-0.4, -0.2) is 14.2 Å². The summed E-state index contributed by atoms with van der Waals surface area (Å²) < 4.78 is 29.7. The van der Waals surface area contributed by atoms with Gasteiger partial charge < -0.3 is 19.9 Å². The first-order valence-electron chi connectivity index (χ1n) is 6.00. The van der Waals surface area contributed by atoms with Gasteiger partial charge in [-0.3, -0.25) is 0 Å². The van der Waals surface area contributed by atoms with E-state index in [4.69, 9.17) is 19.9 Å². The monoisotopic (exact) mass is 277 g/mol. The Bertz CT molecular complexity index is 629. The lowest BCUT2D eigenvalue weighted by atomic mass is 10.2. The minimum atomic E-state index is -0.564. The van der Waals surface area contributed by atoms with Crippen LogP contribution in [0.1, 0.15) is 5.56 Å². The van der Waals surface area contributed by atoms with Crippen LogP contribution in [0.3, 0.4) is 0 Å². The van der Waals surface area contributed by atoms with E-state index in [-0.39, 0.29) is 11.4 Å². The Labute approximate surface area is 116 Å². The van der Waals surface area contributed by atoms with Crippen molar-refractivity contribution in [2.24, 2.45) is 0 Å². The van der Waals surface area contributed by atoms with E-state index in [1.165, 1.54) is 20.3 Å². The van der Waals surface area contributed by atoms with Crippen LogP contribution in [0.25, 0.3) is 0 Å². The summed E-state index contributed by atoms with van der Waals surface area (Å²) >= 11 is 0. The third-order valence-electron chi connectivity index (χ3n) is 2.82. The Morgan fingerprint density at radius 1 is 0.900 bits per heavy atom. The first kappa shape index (κ1) is 14.0. The smallest absolute Gasteiger partial charge is 0.169 e. The molecule has 0 bridgehead atoms. The molecule has 2 N–H and O–H groups in total. The van der Waals surface area contributed by atoms with Crippen molar-refractivity contribution in [3.8, 4) is 23.0 Å². The summed E-state index contributed by atoms with van der Waals surface area (Å²) in [6, 6.07) is 7.95. The summed E-state index contributed by atoms with van der Waals surface area (Å²) in [7, 11) is 2.99. The maximum atomic E-state index is 13.9. The molecule has 0 fully saturated rings. The highest BCUT2D eigenvalue weighted by molar-refractivity contribution is 5.57. The van der Waals surface area contributed by atoms with Crippen LogP contribution in [0.15, 0.2) is 30.3 Å². The first-order valence-corrected chi connectivity index (χ1v) is 6.00. The Balaban J connectivity index is 2.39. The first-order chi connectivity index (χ1) is 9.55. The number of halogens is 1. The zero-order valence-corrected chi connectivity index (χ0v) is 11.6. The molecule has 0 radical (unpaired) electrons. The highest BCUT2D eigenvalue weighted by Gasteiger charge is 2.13. The highest BCUT2D eigenvalue weighted by Crippen LogP contribution is 2.36. The van der Waals surface area contributed by atoms with Crippen LogP contribution >= 0.6 is 0 Å². The molecule has 0 saturated heterocycles. The van der Waals surface area contributed by atoms with E-state index in [2.05, 4.69) is 0 Å². The van der Waals surface area contributed by atoms with Crippen molar-refractivity contribution < 1.29 is 18.6 Å². The zero-order chi connectivity index (χ0) is 14.7. The molecule has 0 aliphatic heterocycles. The number of methoxy groups -OCH3 is 2. The largest absolute Gasteiger partial charge is 0.494 e. The molecule has 2 aromatic carbocycles. The van der Waals surface area contributed by atoms with Gasteiger partial charge in [-0.25, -0.2) is 4.39 Å². The molecule has 20 heavy (non-hydrogen) atoms. The number of rotatable bonds is 4. The van der Waals surface area contributed by atoms with E-state index in [0.29, 0.717) is 17.2 Å². The van der Waals surface area contributed by atoms with Gasteiger partial charge in [-0.05, 0) is 24.6 Å². The number of hydrogen-bond acceptors (Lipinski definition) is 4. The van der Waals surface area contributed by atoms with Gasteiger partial charge in [0, 0.05) is 12.1 Å². The second kappa shape index (κ2) is 5.69. The van der Waals surface area contributed by atoms with Crippen molar-refractivity contribution in [3.63, 3.8) is 0 Å². The van der Waals surface area contributed by atoms with Crippen molar-refractivity contribution in [1.82, 2.24) is 0 Å². The zero-order valence-electron chi connectivity index (χ0n) is 11.6. The van der Waals surface area contributed by atoms with Crippen molar-refractivity contribution in [1.29, 1.82) is 0 Å². The fraction of sp³-hybridized carbons (Fsp3) is 0.200. The number of ether oxygens (including phenoxy) is 3. The fourth-order valence-corrected chi connectivity index (χ4v) is 1.78. The number of hydrogen-bond donors (Lipinski definition) is 1. The van der Waals surface area contributed by atoms with Gasteiger partial charge in [0.15, 0.2) is 23.1 Å². The molecule has 0 aliphatic carbocycles. The maximum Gasteiger partial charge on any atom is 0.169 e. The van der Waals surface area contributed by atoms with Crippen LogP contribution in [0.2, 0.25) is 0 Å². The molecule has 2 aromatic rings. The molecular formula is C15H16FNO3. The van der Waals surface area contributed by atoms with E-state index < -0.39 is 5.82 Å². The van der Waals surface area contributed by atoms with Gasteiger partial charge in [0.05, 0.1) is 19.9 Å². The number of anilines is 1. The van der Waals surface area contributed by atoms with Gasteiger partial charge in [-0.1, -0.05) is 6.07 Å². The quantitative estimate of drug-likeness (QED) is 0.869. The van der Waals surface area contributed by atoms with Crippen LogP contribution in [0.4, 0.5) is 10.1 Å². The number of nitrogen functional groups attached to an aromatic ring is 1. The predicted octanol–water partition coefficient (Wildman–Crippen LogP) is 3.53. The van der Waals surface area contributed by atoms with Gasteiger partial charge in [0.2, 0.25) is 0 Å². The third kappa shape index (κ3) is 2.77. The molecular weight excluding hydrogens is 261 g/mol. The average Bonchev–Trinajstić information content (AvgIpc) is 2.43. The van der Waals surface area contributed by atoms with Crippen LogP contribution in [0.5, 0.6) is 23.0 Å². The van der Waals surface area contributed by atoms with Crippen LogP contribution < -0.4 is 19.9 Å². The van der Waals surface area contributed by atoms with E-state index in [1.807, 2.05) is 19.1 Å². The molecule has 0 heterocycles. The molecule has 0 spiro atoms. The minimum absolute atomic E-state index is 0.0261. The minimum Gasteiger partial charge on any atom is -0.494 e. The molecule has 106 valence electrons.